The maximum Gasteiger partial charge on any atom is 0.407 e. The van der Waals surface area contributed by atoms with E-state index < -0.39 is 0 Å². The molecule has 1 N–H and O–H groups in total. The molecule has 0 saturated carbocycles. The van der Waals surface area contributed by atoms with Crippen molar-refractivity contribution < 1.29 is 9.53 Å². The number of nitrogens with one attached hydrogen (secondary N) is 1. The summed E-state index contributed by atoms with van der Waals surface area (Å²) in [7, 11) is 0. The molecule has 1 unspecified atom stereocenters. The van der Waals surface area contributed by atoms with Crippen molar-refractivity contribution in [2.24, 2.45) is 5.92 Å². The number of thiazole rings is 1. The maximum absolute atomic E-state index is 11.4. The van der Waals surface area contributed by atoms with Crippen molar-refractivity contribution in [2.45, 2.75) is 33.2 Å². The van der Waals surface area contributed by atoms with Crippen LogP contribution in [-0.4, -0.2) is 17.7 Å². The molecule has 0 aliphatic rings. The number of alkyl carbamates (subject to hydrolysis) is 1. The van der Waals surface area contributed by atoms with Crippen LogP contribution in [-0.2, 0) is 4.74 Å². The van der Waals surface area contributed by atoms with E-state index in [1.807, 2.05) is 5.38 Å². The third-order valence-corrected chi connectivity index (χ3v) is 2.91. The Kier molecular flexibility index (Phi) is 5.25. The van der Waals surface area contributed by atoms with E-state index in [2.05, 4.69) is 24.1 Å². The lowest BCUT2D eigenvalue weighted by atomic mass is 10.0. The maximum atomic E-state index is 11.4. The molecule has 1 aromatic rings. The zero-order valence-corrected chi connectivity index (χ0v) is 10.7. The molecule has 4 nitrogen and oxygen atoms in total. The van der Waals surface area contributed by atoms with Crippen LogP contribution >= 0.6 is 11.3 Å². The normalized spacial score (nSPS) is 12.5. The zero-order valence-electron chi connectivity index (χ0n) is 9.90. The van der Waals surface area contributed by atoms with E-state index in [-0.39, 0.29) is 12.1 Å². The summed E-state index contributed by atoms with van der Waals surface area (Å²) in [5.41, 5.74) is 0. The SMILES string of the molecule is CCOC(=O)NC(CC(C)C)c1nccs1. The molecule has 0 radical (unpaired) electrons. The van der Waals surface area contributed by atoms with Crippen molar-refractivity contribution in [2.75, 3.05) is 6.61 Å². The van der Waals surface area contributed by atoms with Crippen LogP contribution < -0.4 is 5.32 Å². The van der Waals surface area contributed by atoms with E-state index in [4.69, 9.17) is 4.74 Å². The number of rotatable bonds is 5. The molecule has 0 aliphatic carbocycles. The second kappa shape index (κ2) is 6.48. The van der Waals surface area contributed by atoms with Gasteiger partial charge in [-0.2, -0.15) is 0 Å². The molecular weight excluding hydrogens is 224 g/mol. The number of aromatic nitrogens is 1. The van der Waals surface area contributed by atoms with Crippen molar-refractivity contribution in [1.82, 2.24) is 10.3 Å². The first kappa shape index (κ1) is 13.0. The number of carbonyl (C=O) groups is 1. The monoisotopic (exact) mass is 242 g/mol. The molecule has 0 spiro atoms. The van der Waals surface area contributed by atoms with Crippen molar-refractivity contribution >= 4 is 17.4 Å². The summed E-state index contributed by atoms with van der Waals surface area (Å²) in [5, 5.41) is 5.68. The van der Waals surface area contributed by atoms with E-state index in [0.29, 0.717) is 12.5 Å². The molecular formula is C11H18N2O2S. The van der Waals surface area contributed by atoms with Gasteiger partial charge in [0.15, 0.2) is 0 Å². The van der Waals surface area contributed by atoms with E-state index in [1.165, 1.54) is 0 Å². The molecule has 16 heavy (non-hydrogen) atoms. The average molecular weight is 242 g/mol. The molecule has 5 heteroatoms. The molecule has 1 atom stereocenters. The van der Waals surface area contributed by atoms with Gasteiger partial charge in [0.05, 0.1) is 12.6 Å². The molecule has 1 rings (SSSR count). The summed E-state index contributed by atoms with van der Waals surface area (Å²) in [6.45, 7) is 6.42. The smallest absolute Gasteiger partial charge is 0.407 e. The van der Waals surface area contributed by atoms with Crippen LogP contribution in [0.4, 0.5) is 4.79 Å². The van der Waals surface area contributed by atoms with Gasteiger partial charge in [-0.1, -0.05) is 13.8 Å². The Hall–Kier alpha value is -1.10. The quantitative estimate of drug-likeness (QED) is 0.863. The number of amides is 1. The number of ether oxygens (including phenoxy) is 1. The highest BCUT2D eigenvalue weighted by Gasteiger charge is 2.18. The van der Waals surface area contributed by atoms with Crippen molar-refractivity contribution in [3.63, 3.8) is 0 Å². The van der Waals surface area contributed by atoms with Gasteiger partial charge >= 0.3 is 6.09 Å². The minimum absolute atomic E-state index is 0.0425. The van der Waals surface area contributed by atoms with Crippen LogP contribution in [0.2, 0.25) is 0 Å². The summed E-state index contributed by atoms with van der Waals surface area (Å²) >= 11 is 1.55. The largest absolute Gasteiger partial charge is 0.450 e. The van der Waals surface area contributed by atoms with Gasteiger partial charge in [-0.3, -0.25) is 0 Å². The van der Waals surface area contributed by atoms with Gasteiger partial charge in [0.1, 0.15) is 5.01 Å². The molecule has 1 heterocycles. The second-order valence-corrected chi connectivity index (χ2v) is 4.84. The lowest BCUT2D eigenvalue weighted by molar-refractivity contribution is 0.146. The van der Waals surface area contributed by atoms with Gasteiger partial charge in [-0.05, 0) is 19.3 Å². The van der Waals surface area contributed by atoms with Gasteiger partial charge in [0.2, 0.25) is 0 Å². The second-order valence-electron chi connectivity index (χ2n) is 3.92. The first-order valence-corrected chi connectivity index (χ1v) is 6.34. The number of nitrogens with zero attached hydrogens (tertiary/aromatic N) is 1. The minimum Gasteiger partial charge on any atom is -0.450 e. The van der Waals surface area contributed by atoms with Gasteiger partial charge < -0.3 is 10.1 Å². The van der Waals surface area contributed by atoms with Gasteiger partial charge in [-0.15, -0.1) is 11.3 Å². The Balaban J connectivity index is 2.61. The van der Waals surface area contributed by atoms with E-state index in [9.17, 15) is 4.79 Å². The first-order valence-electron chi connectivity index (χ1n) is 5.46. The van der Waals surface area contributed by atoms with Crippen LogP contribution in [0.5, 0.6) is 0 Å². The molecule has 0 bridgehead atoms. The fourth-order valence-electron chi connectivity index (χ4n) is 1.41. The van der Waals surface area contributed by atoms with Crippen molar-refractivity contribution in [3.8, 4) is 0 Å². The number of hydrogen-bond donors (Lipinski definition) is 1. The lowest BCUT2D eigenvalue weighted by Gasteiger charge is -2.17. The molecule has 0 aromatic carbocycles. The highest BCUT2D eigenvalue weighted by molar-refractivity contribution is 7.09. The predicted molar refractivity (Wildman–Crippen MR) is 64.5 cm³/mol. The third-order valence-electron chi connectivity index (χ3n) is 2.02. The van der Waals surface area contributed by atoms with Crippen LogP contribution in [0, 0.1) is 5.92 Å². The summed E-state index contributed by atoms with van der Waals surface area (Å²) in [5.74, 6) is 0.496. The van der Waals surface area contributed by atoms with Gasteiger partial charge in [-0.25, -0.2) is 9.78 Å². The molecule has 0 saturated heterocycles. The number of carbonyl (C=O) groups excluding carboxylic acids is 1. The van der Waals surface area contributed by atoms with Crippen LogP contribution in [0.3, 0.4) is 0 Å². The van der Waals surface area contributed by atoms with Crippen LogP contribution in [0.25, 0.3) is 0 Å². The molecule has 0 aliphatic heterocycles. The topological polar surface area (TPSA) is 51.2 Å². The Morgan fingerprint density at radius 3 is 2.88 bits per heavy atom. The summed E-state index contributed by atoms with van der Waals surface area (Å²) in [4.78, 5) is 15.6. The van der Waals surface area contributed by atoms with E-state index >= 15 is 0 Å². The fourth-order valence-corrected chi connectivity index (χ4v) is 2.12. The first-order chi connectivity index (χ1) is 7.63. The Bertz CT molecular complexity index is 312. The molecule has 1 amide bonds. The Labute approximate surface area is 100 Å². The van der Waals surface area contributed by atoms with Gasteiger partial charge in [0, 0.05) is 11.6 Å². The standard InChI is InChI=1S/C11H18N2O2S/c1-4-15-11(14)13-9(7-8(2)3)10-12-5-6-16-10/h5-6,8-9H,4,7H2,1-3H3,(H,13,14). The number of hydrogen-bond acceptors (Lipinski definition) is 4. The lowest BCUT2D eigenvalue weighted by Crippen LogP contribution is -2.30. The minimum atomic E-state index is -0.372. The highest BCUT2D eigenvalue weighted by atomic mass is 32.1. The molecule has 1 aromatic heterocycles. The Morgan fingerprint density at radius 1 is 1.62 bits per heavy atom. The van der Waals surface area contributed by atoms with Crippen molar-refractivity contribution in [3.05, 3.63) is 16.6 Å². The summed E-state index contributed by atoms with van der Waals surface area (Å²) in [6, 6.07) is -0.0425. The predicted octanol–water partition coefficient (Wildman–Crippen LogP) is 2.98. The molecule has 0 fully saturated rings. The zero-order chi connectivity index (χ0) is 12.0. The highest BCUT2D eigenvalue weighted by Crippen LogP contribution is 2.22. The van der Waals surface area contributed by atoms with Crippen LogP contribution in [0.15, 0.2) is 11.6 Å². The summed E-state index contributed by atoms with van der Waals surface area (Å²) < 4.78 is 4.88. The van der Waals surface area contributed by atoms with E-state index in [0.717, 1.165) is 11.4 Å². The third kappa shape index (κ3) is 4.18. The Morgan fingerprint density at radius 2 is 2.38 bits per heavy atom. The summed E-state index contributed by atoms with van der Waals surface area (Å²) in [6.07, 6.45) is 2.25. The van der Waals surface area contributed by atoms with Crippen molar-refractivity contribution in [1.29, 1.82) is 0 Å². The van der Waals surface area contributed by atoms with Crippen LogP contribution in [0.1, 0.15) is 38.2 Å². The van der Waals surface area contributed by atoms with E-state index in [1.54, 1.807) is 24.5 Å². The average Bonchev–Trinajstić information content (AvgIpc) is 2.68. The molecule has 90 valence electrons. The fraction of sp³-hybridized carbons (Fsp3) is 0.636. The van der Waals surface area contributed by atoms with Gasteiger partial charge in [0.25, 0.3) is 0 Å².